The zero-order valence-electron chi connectivity index (χ0n) is 10.9. The Balaban J connectivity index is 1.57. The molecule has 2 fully saturated rings. The van der Waals surface area contributed by atoms with Crippen LogP contribution >= 0.6 is 0 Å². The molecule has 3 heterocycles. The minimum atomic E-state index is -0.326. The number of aromatic nitrogens is 2. The quantitative estimate of drug-likeness (QED) is 0.826. The van der Waals surface area contributed by atoms with Gasteiger partial charge >= 0.3 is 12.1 Å². The second-order valence-corrected chi connectivity index (χ2v) is 4.68. The third kappa shape index (κ3) is 2.49. The van der Waals surface area contributed by atoms with Crippen LogP contribution in [0.2, 0.25) is 0 Å². The van der Waals surface area contributed by atoms with Crippen molar-refractivity contribution < 1.29 is 14.3 Å². The molecule has 0 unspecified atom stereocenters. The van der Waals surface area contributed by atoms with Crippen LogP contribution in [0, 0.1) is 0 Å². The van der Waals surface area contributed by atoms with Gasteiger partial charge in [0.05, 0.1) is 12.7 Å². The first-order chi connectivity index (χ1) is 9.74. The Morgan fingerprint density at radius 1 is 1.40 bits per heavy atom. The van der Waals surface area contributed by atoms with Gasteiger partial charge in [-0.05, 0) is 0 Å². The molecule has 1 atom stereocenters. The van der Waals surface area contributed by atoms with E-state index in [1.807, 2.05) is 0 Å². The molecular formula is C12H15N5O3. The van der Waals surface area contributed by atoms with Crippen molar-refractivity contribution in [1.29, 1.82) is 0 Å². The molecule has 4 amide bonds. The Bertz CT molecular complexity index is 509. The number of likely N-dealkylation sites (tertiary alicyclic amines) is 1. The van der Waals surface area contributed by atoms with Crippen LogP contribution in [-0.2, 0) is 0 Å². The van der Waals surface area contributed by atoms with Crippen LogP contribution in [0.25, 0.3) is 0 Å². The molecule has 1 aromatic heterocycles. The zero-order chi connectivity index (χ0) is 13.9. The summed E-state index contributed by atoms with van der Waals surface area (Å²) in [6, 6.07) is -0.585. The lowest BCUT2D eigenvalue weighted by molar-refractivity contribution is 0.160. The van der Waals surface area contributed by atoms with E-state index in [4.69, 9.17) is 4.74 Å². The lowest BCUT2D eigenvalue weighted by Crippen LogP contribution is -2.44. The summed E-state index contributed by atoms with van der Waals surface area (Å²) in [6.07, 6.45) is 5.28. The summed E-state index contributed by atoms with van der Waals surface area (Å²) in [6.45, 7) is 1.97. The van der Waals surface area contributed by atoms with Crippen molar-refractivity contribution in [3.05, 3.63) is 18.6 Å². The van der Waals surface area contributed by atoms with Gasteiger partial charge < -0.3 is 15.0 Å². The fourth-order valence-electron chi connectivity index (χ4n) is 2.34. The first-order valence-corrected chi connectivity index (χ1v) is 6.51. The largest absolute Gasteiger partial charge is 0.471 e. The van der Waals surface area contributed by atoms with Gasteiger partial charge in [0.15, 0.2) is 0 Å². The van der Waals surface area contributed by atoms with Gasteiger partial charge in [0.1, 0.15) is 6.10 Å². The summed E-state index contributed by atoms with van der Waals surface area (Å²) in [5.41, 5.74) is 0. The molecule has 1 N–H and O–H groups in total. The molecule has 106 valence electrons. The van der Waals surface area contributed by atoms with Gasteiger partial charge in [0.2, 0.25) is 5.88 Å². The van der Waals surface area contributed by atoms with E-state index < -0.39 is 0 Å². The predicted molar refractivity (Wildman–Crippen MR) is 68.1 cm³/mol. The highest BCUT2D eigenvalue weighted by molar-refractivity contribution is 5.95. The monoisotopic (exact) mass is 277 g/mol. The number of hydrogen-bond donors (Lipinski definition) is 1. The summed E-state index contributed by atoms with van der Waals surface area (Å²) in [5.74, 6) is 0.450. The van der Waals surface area contributed by atoms with Gasteiger partial charge in [-0.2, -0.15) is 0 Å². The lowest BCUT2D eigenvalue weighted by atomic mass is 10.3. The number of nitrogens with one attached hydrogen (secondary N) is 1. The molecule has 8 nitrogen and oxygen atoms in total. The molecule has 0 spiro atoms. The first-order valence-electron chi connectivity index (χ1n) is 6.51. The van der Waals surface area contributed by atoms with Crippen LogP contribution in [0.5, 0.6) is 5.88 Å². The normalized spacial score (nSPS) is 22.0. The van der Waals surface area contributed by atoms with Crippen LogP contribution < -0.4 is 10.1 Å². The zero-order valence-corrected chi connectivity index (χ0v) is 10.9. The second-order valence-electron chi connectivity index (χ2n) is 4.68. The van der Waals surface area contributed by atoms with Crippen molar-refractivity contribution in [3.63, 3.8) is 0 Å². The molecule has 0 saturated carbocycles. The van der Waals surface area contributed by atoms with Crippen LogP contribution in [0.3, 0.4) is 0 Å². The summed E-state index contributed by atoms with van der Waals surface area (Å²) in [7, 11) is 0. The fraction of sp³-hybridized carbons (Fsp3) is 0.500. The smallest absolute Gasteiger partial charge is 0.328 e. The number of imide groups is 1. The number of amides is 4. The van der Waals surface area contributed by atoms with E-state index in [2.05, 4.69) is 15.3 Å². The number of urea groups is 2. The molecule has 0 radical (unpaired) electrons. The van der Waals surface area contributed by atoms with Gasteiger partial charge in [-0.3, -0.25) is 4.98 Å². The number of ether oxygens (including phenoxy) is 1. The molecule has 0 aliphatic carbocycles. The molecule has 2 aliphatic rings. The summed E-state index contributed by atoms with van der Waals surface area (Å²) in [5, 5.41) is 2.61. The highest BCUT2D eigenvalue weighted by Crippen LogP contribution is 2.17. The molecule has 0 aromatic carbocycles. The van der Waals surface area contributed by atoms with E-state index in [1.165, 1.54) is 4.90 Å². The van der Waals surface area contributed by atoms with E-state index in [9.17, 15) is 9.59 Å². The number of carbonyl (C=O) groups excluding carboxylic acids is 2. The molecule has 0 bridgehead atoms. The minimum absolute atomic E-state index is 0.110. The van der Waals surface area contributed by atoms with E-state index in [1.54, 1.807) is 23.5 Å². The standard InChI is InChI=1S/C12H15N5O3/c18-11-15-4-6-17(11)12(19)16-5-1-9(8-16)20-10-7-13-2-3-14-10/h2-3,7,9H,1,4-6,8H2,(H,15,18)/t9-/m0/s1. The molecule has 1 aromatic rings. The van der Waals surface area contributed by atoms with Gasteiger partial charge in [-0.1, -0.05) is 0 Å². The Hall–Kier alpha value is -2.38. The minimum Gasteiger partial charge on any atom is -0.471 e. The van der Waals surface area contributed by atoms with Crippen LogP contribution in [0.1, 0.15) is 6.42 Å². The summed E-state index contributed by atoms with van der Waals surface area (Å²) < 4.78 is 5.66. The van der Waals surface area contributed by atoms with Gasteiger partial charge in [0, 0.05) is 38.4 Å². The Morgan fingerprint density at radius 3 is 3.00 bits per heavy atom. The van der Waals surface area contributed by atoms with Crippen molar-refractivity contribution in [2.75, 3.05) is 26.2 Å². The molecular weight excluding hydrogens is 262 g/mol. The van der Waals surface area contributed by atoms with E-state index in [-0.39, 0.29) is 18.2 Å². The maximum Gasteiger partial charge on any atom is 0.328 e. The predicted octanol–water partition coefficient (Wildman–Crippen LogP) is 0.0749. The van der Waals surface area contributed by atoms with Gasteiger partial charge in [-0.15, -0.1) is 0 Å². The van der Waals surface area contributed by atoms with Crippen molar-refractivity contribution in [1.82, 2.24) is 25.1 Å². The number of hydrogen-bond acceptors (Lipinski definition) is 5. The Kier molecular flexibility index (Phi) is 3.36. The second kappa shape index (κ2) is 5.32. The molecule has 2 aliphatic heterocycles. The van der Waals surface area contributed by atoms with E-state index >= 15 is 0 Å². The maximum atomic E-state index is 12.2. The molecule has 3 rings (SSSR count). The number of nitrogens with zero attached hydrogens (tertiary/aromatic N) is 4. The van der Waals surface area contributed by atoms with Crippen molar-refractivity contribution in [2.45, 2.75) is 12.5 Å². The highest BCUT2D eigenvalue weighted by atomic mass is 16.5. The fourth-order valence-corrected chi connectivity index (χ4v) is 2.34. The van der Waals surface area contributed by atoms with E-state index in [0.29, 0.717) is 32.1 Å². The van der Waals surface area contributed by atoms with Crippen LogP contribution in [0.4, 0.5) is 9.59 Å². The van der Waals surface area contributed by atoms with Crippen LogP contribution in [-0.4, -0.2) is 64.1 Å². The third-order valence-electron chi connectivity index (χ3n) is 3.33. The maximum absolute atomic E-state index is 12.2. The van der Waals surface area contributed by atoms with Crippen LogP contribution in [0.15, 0.2) is 18.6 Å². The Morgan fingerprint density at radius 2 is 2.30 bits per heavy atom. The SMILES string of the molecule is O=C1NCCN1C(=O)N1CC[C@H](Oc2cnccn2)C1. The van der Waals surface area contributed by atoms with Gasteiger partial charge in [0.25, 0.3) is 0 Å². The summed E-state index contributed by atoms with van der Waals surface area (Å²) in [4.78, 5) is 34.4. The van der Waals surface area contributed by atoms with Crippen molar-refractivity contribution in [2.24, 2.45) is 0 Å². The number of rotatable bonds is 2. The molecule has 20 heavy (non-hydrogen) atoms. The third-order valence-corrected chi connectivity index (χ3v) is 3.33. The molecule has 8 heteroatoms. The molecule has 2 saturated heterocycles. The van der Waals surface area contributed by atoms with E-state index in [0.717, 1.165) is 6.42 Å². The average Bonchev–Trinajstić information content (AvgIpc) is 3.08. The lowest BCUT2D eigenvalue weighted by Gasteiger charge is -2.21. The van der Waals surface area contributed by atoms with Crippen molar-refractivity contribution in [3.8, 4) is 5.88 Å². The Labute approximate surface area is 115 Å². The summed E-state index contributed by atoms with van der Waals surface area (Å²) >= 11 is 0. The topological polar surface area (TPSA) is 87.7 Å². The average molecular weight is 277 g/mol. The van der Waals surface area contributed by atoms with Crippen molar-refractivity contribution >= 4 is 12.1 Å². The first kappa shape index (κ1) is 12.6. The highest BCUT2D eigenvalue weighted by Gasteiger charge is 2.35. The number of carbonyl (C=O) groups is 2. The van der Waals surface area contributed by atoms with Gasteiger partial charge in [-0.25, -0.2) is 19.5 Å².